The van der Waals surface area contributed by atoms with Gasteiger partial charge in [-0.15, -0.1) is 0 Å². The van der Waals surface area contributed by atoms with Gasteiger partial charge in [0.2, 0.25) is 5.76 Å². The molecule has 3 rings (SSSR count). The summed E-state index contributed by atoms with van der Waals surface area (Å²) in [5, 5.41) is 3.38. The Morgan fingerprint density at radius 3 is 3.05 bits per heavy atom. The second-order valence-corrected chi connectivity index (χ2v) is 5.00. The summed E-state index contributed by atoms with van der Waals surface area (Å²) >= 11 is 0. The molecule has 0 bridgehead atoms. The van der Waals surface area contributed by atoms with Crippen molar-refractivity contribution in [3.05, 3.63) is 59.0 Å². The van der Waals surface area contributed by atoms with Crippen molar-refractivity contribution in [3.8, 4) is 0 Å². The molecule has 20 heavy (non-hydrogen) atoms. The first-order valence-electron chi connectivity index (χ1n) is 6.73. The van der Waals surface area contributed by atoms with Gasteiger partial charge in [0, 0.05) is 24.6 Å². The number of benzene rings is 1. The van der Waals surface area contributed by atoms with Crippen LogP contribution in [0.2, 0.25) is 0 Å². The number of hydrogen-bond donors (Lipinski definition) is 1. The number of nitrogens with one attached hydrogen (secondary N) is 1. The van der Waals surface area contributed by atoms with Gasteiger partial charge < -0.3 is 14.5 Å². The van der Waals surface area contributed by atoms with Crippen LogP contribution < -0.4 is 5.32 Å². The van der Waals surface area contributed by atoms with Crippen molar-refractivity contribution in [1.82, 2.24) is 5.32 Å². The molecule has 1 atom stereocenters. The number of ether oxygens (including phenoxy) is 1. The number of furan rings is 1. The third-order valence-electron chi connectivity index (χ3n) is 3.78. The smallest absolute Gasteiger partial charge is 0.374 e. The van der Waals surface area contributed by atoms with Gasteiger partial charge in [0.15, 0.2) is 0 Å². The Hall–Kier alpha value is -2.07. The van der Waals surface area contributed by atoms with Crippen LogP contribution in [0, 0.1) is 0 Å². The standard InChI is InChI=1S/C16H17NO3/c1-19-16(18)15-12(6-7-20-15)9-17-10-13-8-11-4-2-3-5-14(11)13/h2-7,13,17H,8-10H2,1H3. The van der Waals surface area contributed by atoms with Crippen LogP contribution in [-0.4, -0.2) is 19.6 Å². The van der Waals surface area contributed by atoms with E-state index in [0.29, 0.717) is 12.5 Å². The highest BCUT2D eigenvalue weighted by molar-refractivity contribution is 5.87. The lowest BCUT2D eigenvalue weighted by Gasteiger charge is -2.30. The van der Waals surface area contributed by atoms with Crippen LogP contribution in [-0.2, 0) is 17.7 Å². The normalized spacial score (nSPS) is 16.4. The summed E-state index contributed by atoms with van der Waals surface area (Å²) in [5.41, 5.74) is 3.71. The van der Waals surface area contributed by atoms with E-state index in [4.69, 9.17) is 4.42 Å². The zero-order chi connectivity index (χ0) is 13.9. The van der Waals surface area contributed by atoms with Gasteiger partial charge in [0.25, 0.3) is 0 Å². The molecule has 1 aliphatic carbocycles. The monoisotopic (exact) mass is 271 g/mol. The lowest BCUT2D eigenvalue weighted by molar-refractivity contribution is 0.0563. The van der Waals surface area contributed by atoms with Crippen molar-refractivity contribution in [2.75, 3.05) is 13.7 Å². The van der Waals surface area contributed by atoms with Crippen molar-refractivity contribution >= 4 is 5.97 Å². The molecule has 0 fully saturated rings. The maximum absolute atomic E-state index is 11.5. The molecule has 1 heterocycles. The molecule has 2 aromatic rings. The molecule has 1 aromatic carbocycles. The molecule has 4 nitrogen and oxygen atoms in total. The number of carbonyl (C=O) groups excluding carboxylic acids is 1. The molecule has 0 amide bonds. The minimum atomic E-state index is -0.430. The second-order valence-electron chi connectivity index (χ2n) is 5.00. The Kier molecular flexibility index (Phi) is 3.56. The highest BCUT2D eigenvalue weighted by Crippen LogP contribution is 2.34. The zero-order valence-corrected chi connectivity index (χ0v) is 11.4. The van der Waals surface area contributed by atoms with Crippen LogP contribution in [0.1, 0.15) is 33.2 Å². The largest absolute Gasteiger partial charge is 0.463 e. The summed E-state index contributed by atoms with van der Waals surface area (Å²) in [6.45, 7) is 1.52. The Labute approximate surface area is 117 Å². The number of hydrogen-bond acceptors (Lipinski definition) is 4. The minimum absolute atomic E-state index is 0.286. The van der Waals surface area contributed by atoms with Crippen LogP contribution in [0.25, 0.3) is 0 Å². The molecule has 0 spiro atoms. The van der Waals surface area contributed by atoms with Gasteiger partial charge in [-0.3, -0.25) is 0 Å². The highest BCUT2D eigenvalue weighted by Gasteiger charge is 2.25. The van der Waals surface area contributed by atoms with Crippen molar-refractivity contribution in [2.24, 2.45) is 0 Å². The molecule has 1 unspecified atom stereocenters. The quantitative estimate of drug-likeness (QED) is 0.849. The first kappa shape index (κ1) is 12.9. The first-order chi connectivity index (χ1) is 9.79. The molecular formula is C16H17NO3. The fraction of sp³-hybridized carbons (Fsp3) is 0.312. The Balaban J connectivity index is 1.55. The molecule has 0 radical (unpaired) electrons. The van der Waals surface area contributed by atoms with Crippen LogP contribution in [0.3, 0.4) is 0 Å². The van der Waals surface area contributed by atoms with Crippen molar-refractivity contribution < 1.29 is 13.9 Å². The zero-order valence-electron chi connectivity index (χ0n) is 11.4. The first-order valence-corrected chi connectivity index (χ1v) is 6.73. The molecular weight excluding hydrogens is 254 g/mol. The summed E-state index contributed by atoms with van der Waals surface area (Å²) < 4.78 is 9.84. The topological polar surface area (TPSA) is 51.5 Å². The molecule has 4 heteroatoms. The number of fused-ring (bicyclic) bond motifs is 1. The van der Waals surface area contributed by atoms with Gasteiger partial charge in [-0.1, -0.05) is 24.3 Å². The van der Waals surface area contributed by atoms with E-state index in [2.05, 4.69) is 34.3 Å². The van der Waals surface area contributed by atoms with Gasteiger partial charge in [0.1, 0.15) is 0 Å². The number of esters is 1. The number of carbonyl (C=O) groups is 1. The van der Waals surface area contributed by atoms with E-state index >= 15 is 0 Å². The SMILES string of the molecule is COC(=O)c1occc1CNCC1Cc2ccccc21. The maximum atomic E-state index is 11.5. The summed E-state index contributed by atoms with van der Waals surface area (Å²) in [4.78, 5) is 11.5. The van der Waals surface area contributed by atoms with Crippen molar-refractivity contribution in [1.29, 1.82) is 0 Å². The molecule has 1 aromatic heterocycles. The lowest BCUT2D eigenvalue weighted by atomic mass is 9.77. The summed E-state index contributed by atoms with van der Waals surface area (Å²) in [6.07, 6.45) is 2.64. The van der Waals surface area contributed by atoms with E-state index in [1.165, 1.54) is 24.5 Å². The van der Waals surface area contributed by atoms with E-state index < -0.39 is 5.97 Å². The molecule has 1 N–H and O–H groups in total. The molecule has 0 saturated heterocycles. The van der Waals surface area contributed by atoms with Crippen LogP contribution in [0.5, 0.6) is 0 Å². The fourth-order valence-corrected chi connectivity index (χ4v) is 2.67. The van der Waals surface area contributed by atoms with E-state index in [1.54, 1.807) is 6.07 Å². The second kappa shape index (κ2) is 5.51. The van der Waals surface area contributed by atoms with Gasteiger partial charge in [0.05, 0.1) is 13.4 Å². The molecule has 0 saturated carbocycles. The van der Waals surface area contributed by atoms with E-state index in [0.717, 1.165) is 18.5 Å². The van der Waals surface area contributed by atoms with Gasteiger partial charge in [-0.25, -0.2) is 4.79 Å². The lowest BCUT2D eigenvalue weighted by Crippen LogP contribution is -2.29. The van der Waals surface area contributed by atoms with Crippen LogP contribution in [0.15, 0.2) is 41.0 Å². The fourth-order valence-electron chi connectivity index (χ4n) is 2.67. The summed E-state index contributed by atoms with van der Waals surface area (Å²) in [7, 11) is 1.35. The molecule has 1 aliphatic rings. The third-order valence-corrected chi connectivity index (χ3v) is 3.78. The Morgan fingerprint density at radius 2 is 2.25 bits per heavy atom. The summed E-state index contributed by atoms with van der Waals surface area (Å²) in [6, 6.07) is 10.3. The predicted molar refractivity (Wildman–Crippen MR) is 74.6 cm³/mol. The van der Waals surface area contributed by atoms with Crippen LogP contribution >= 0.6 is 0 Å². The molecule has 0 aliphatic heterocycles. The van der Waals surface area contributed by atoms with Crippen molar-refractivity contribution in [3.63, 3.8) is 0 Å². The number of rotatable bonds is 5. The highest BCUT2D eigenvalue weighted by atomic mass is 16.5. The Morgan fingerprint density at radius 1 is 1.40 bits per heavy atom. The van der Waals surface area contributed by atoms with E-state index in [-0.39, 0.29) is 5.76 Å². The Bertz CT molecular complexity index is 618. The van der Waals surface area contributed by atoms with Crippen LogP contribution in [0.4, 0.5) is 0 Å². The van der Waals surface area contributed by atoms with Gasteiger partial charge >= 0.3 is 5.97 Å². The van der Waals surface area contributed by atoms with Gasteiger partial charge in [-0.05, 0) is 23.6 Å². The minimum Gasteiger partial charge on any atom is -0.463 e. The van der Waals surface area contributed by atoms with E-state index in [9.17, 15) is 4.79 Å². The summed E-state index contributed by atoms with van der Waals surface area (Å²) in [5.74, 6) is 0.425. The predicted octanol–water partition coefficient (Wildman–Crippen LogP) is 2.50. The van der Waals surface area contributed by atoms with Crippen molar-refractivity contribution in [2.45, 2.75) is 18.9 Å². The maximum Gasteiger partial charge on any atom is 0.374 e. The van der Waals surface area contributed by atoms with Gasteiger partial charge in [-0.2, -0.15) is 0 Å². The molecule has 104 valence electrons. The van der Waals surface area contributed by atoms with E-state index in [1.807, 2.05) is 0 Å². The number of methoxy groups -OCH3 is 1. The third kappa shape index (κ3) is 2.34. The average molecular weight is 271 g/mol. The average Bonchev–Trinajstić information content (AvgIpc) is 2.91.